The van der Waals surface area contributed by atoms with Gasteiger partial charge in [0.15, 0.2) is 0 Å². The van der Waals surface area contributed by atoms with Crippen LogP contribution in [0.1, 0.15) is 35.3 Å². The van der Waals surface area contributed by atoms with Crippen molar-refractivity contribution in [2.75, 3.05) is 0 Å². The second kappa shape index (κ2) is 4.69. The molecule has 1 N–H and O–H groups in total. The van der Waals surface area contributed by atoms with Gasteiger partial charge >= 0.3 is 0 Å². The number of amides is 1. The summed E-state index contributed by atoms with van der Waals surface area (Å²) < 4.78 is 4.72. The van der Waals surface area contributed by atoms with Gasteiger partial charge < -0.3 is 9.84 Å². The van der Waals surface area contributed by atoms with E-state index in [0.29, 0.717) is 11.7 Å². The summed E-state index contributed by atoms with van der Waals surface area (Å²) in [6, 6.07) is 1.39. The fraction of sp³-hybridized carbons (Fsp3) is 0.300. The van der Waals surface area contributed by atoms with Crippen LogP contribution < -0.4 is 5.32 Å². The maximum Gasteiger partial charge on any atom is 0.293 e. The van der Waals surface area contributed by atoms with E-state index >= 15 is 0 Å². The summed E-state index contributed by atoms with van der Waals surface area (Å²) in [6.45, 7) is 3.40. The maximum atomic E-state index is 11.7. The minimum absolute atomic E-state index is 0.00489. The molecule has 1 amide bonds. The van der Waals surface area contributed by atoms with E-state index in [4.69, 9.17) is 4.52 Å². The number of hydrogen-bond donors (Lipinski definition) is 1. The number of carbonyl (C=O) groups is 1. The Morgan fingerprint density at radius 1 is 1.41 bits per heavy atom. The van der Waals surface area contributed by atoms with E-state index in [9.17, 15) is 4.79 Å². The van der Waals surface area contributed by atoms with Crippen LogP contribution in [-0.4, -0.2) is 26.0 Å². The first kappa shape index (κ1) is 11.2. The zero-order valence-electron chi connectivity index (χ0n) is 9.41. The number of aryl methyl sites for hydroxylation is 1. The van der Waals surface area contributed by atoms with Crippen molar-refractivity contribution in [3.63, 3.8) is 0 Å². The van der Waals surface area contributed by atoms with Gasteiger partial charge in [0.25, 0.3) is 11.7 Å². The molecule has 88 valence electrons. The van der Waals surface area contributed by atoms with Crippen LogP contribution in [0.25, 0.3) is 0 Å². The fourth-order valence-corrected chi connectivity index (χ4v) is 1.25. The number of aromatic nitrogens is 4. The third-order valence-electron chi connectivity index (χ3n) is 2.05. The lowest BCUT2D eigenvalue weighted by molar-refractivity contribution is 0.0924. The van der Waals surface area contributed by atoms with E-state index in [-0.39, 0.29) is 11.9 Å². The Hall–Kier alpha value is -2.31. The first-order valence-corrected chi connectivity index (χ1v) is 5.05. The molecule has 1 unspecified atom stereocenters. The minimum Gasteiger partial charge on any atom is -0.339 e. The number of rotatable bonds is 3. The molecule has 2 aromatic rings. The summed E-state index contributed by atoms with van der Waals surface area (Å²) in [6.07, 6.45) is 3.23. The molecule has 2 heterocycles. The van der Waals surface area contributed by atoms with E-state index in [2.05, 4.69) is 25.4 Å². The van der Waals surface area contributed by atoms with Gasteiger partial charge in [-0.3, -0.25) is 4.79 Å². The average Bonchev–Trinajstić information content (AvgIpc) is 2.77. The molecule has 0 radical (unpaired) electrons. The Bertz CT molecular complexity index is 510. The molecule has 0 aliphatic carbocycles. The van der Waals surface area contributed by atoms with Gasteiger partial charge in [0, 0.05) is 19.3 Å². The number of carbonyl (C=O) groups excluding carboxylic acids is 1. The summed E-state index contributed by atoms with van der Waals surface area (Å²) in [5.41, 5.74) is 0. The molecule has 0 saturated carbocycles. The van der Waals surface area contributed by atoms with Crippen molar-refractivity contribution in [2.45, 2.75) is 19.9 Å². The third-order valence-corrected chi connectivity index (χ3v) is 2.05. The minimum atomic E-state index is -0.415. The third kappa shape index (κ3) is 2.63. The molecule has 0 saturated heterocycles. The van der Waals surface area contributed by atoms with Crippen LogP contribution in [0.4, 0.5) is 0 Å². The highest BCUT2D eigenvalue weighted by molar-refractivity contribution is 5.90. The largest absolute Gasteiger partial charge is 0.339 e. The molecule has 7 nitrogen and oxygen atoms in total. The van der Waals surface area contributed by atoms with Gasteiger partial charge in [0.05, 0.1) is 6.04 Å². The molecule has 0 aliphatic rings. The monoisotopic (exact) mass is 233 g/mol. The molecule has 0 bridgehead atoms. The van der Waals surface area contributed by atoms with Crippen LogP contribution in [0.2, 0.25) is 0 Å². The Morgan fingerprint density at radius 3 is 2.71 bits per heavy atom. The van der Waals surface area contributed by atoms with Crippen molar-refractivity contribution in [3.8, 4) is 0 Å². The summed E-state index contributed by atoms with van der Waals surface area (Å²) >= 11 is 0. The average molecular weight is 233 g/mol. The standard InChI is InChI=1S/C10H11N5O2/c1-6(8-11-4-3-5-12-8)13-10(16)9-14-7(2)17-15-9/h3-6H,1-2H3,(H,13,16). The molecular weight excluding hydrogens is 222 g/mol. The highest BCUT2D eigenvalue weighted by Gasteiger charge is 2.17. The van der Waals surface area contributed by atoms with Crippen molar-refractivity contribution in [2.24, 2.45) is 0 Å². The molecule has 0 fully saturated rings. The number of nitrogens with one attached hydrogen (secondary N) is 1. The predicted molar refractivity (Wildman–Crippen MR) is 56.9 cm³/mol. The Balaban J connectivity index is 2.04. The Kier molecular flexibility index (Phi) is 3.08. The molecule has 0 spiro atoms. The van der Waals surface area contributed by atoms with Gasteiger partial charge in [-0.05, 0) is 13.0 Å². The molecule has 17 heavy (non-hydrogen) atoms. The zero-order valence-corrected chi connectivity index (χ0v) is 9.41. The van der Waals surface area contributed by atoms with Crippen LogP contribution in [0, 0.1) is 6.92 Å². The summed E-state index contributed by atoms with van der Waals surface area (Å²) in [7, 11) is 0. The van der Waals surface area contributed by atoms with Crippen molar-refractivity contribution in [1.82, 2.24) is 25.4 Å². The first-order valence-electron chi connectivity index (χ1n) is 5.05. The summed E-state index contributed by atoms with van der Waals surface area (Å²) in [4.78, 5) is 23.6. The van der Waals surface area contributed by atoms with E-state index in [1.54, 1.807) is 32.3 Å². The fourth-order valence-electron chi connectivity index (χ4n) is 1.25. The van der Waals surface area contributed by atoms with Crippen molar-refractivity contribution >= 4 is 5.91 Å². The lowest BCUT2D eigenvalue weighted by atomic mass is 10.3. The molecule has 2 aromatic heterocycles. The molecular formula is C10H11N5O2. The maximum absolute atomic E-state index is 11.7. The summed E-state index contributed by atoms with van der Waals surface area (Å²) in [5.74, 6) is 0.465. The van der Waals surface area contributed by atoms with E-state index in [1.807, 2.05) is 0 Å². The smallest absolute Gasteiger partial charge is 0.293 e. The van der Waals surface area contributed by atoms with Gasteiger partial charge in [0.2, 0.25) is 5.89 Å². The van der Waals surface area contributed by atoms with Crippen molar-refractivity contribution < 1.29 is 9.32 Å². The van der Waals surface area contributed by atoms with Gasteiger partial charge in [-0.1, -0.05) is 5.16 Å². The summed E-state index contributed by atoms with van der Waals surface area (Å²) in [5, 5.41) is 6.20. The van der Waals surface area contributed by atoms with Crippen LogP contribution in [0.3, 0.4) is 0 Å². The van der Waals surface area contributed by atoms with E-state index in [1.165, 1.54) is 0 Å². The number of nitrogens with zero attached hydrogens (tertiary/aromatic N) is 4. The van der Waals surface area contributed by atoms with Crippen LogP contribution in [0.15, 0.2) is 23.0 Å². The van der Waals surface area contributed by atoms with E-state index in [0.717, 1.165) is 0 Å². The SMILES string of the molecule is Cc1nc(C(=O)NC(C)c2ncccn2)no1. The van der Waals surface area contributed by atoms with Gasteiger partial charge in [0.1, 0.15) is 5.82 Å². The highest BCUT2D eigenvalue weighted by Crippen LogP contribution is 2.05. The van der Waals surface area contributed by atoms with Gasteiger partial charge in [-0.2, -0.15) is 4.98 Å². The topological polar surface area (TPSA) is 93.8 Å². The second-order valence-corrected chi connectivity index (χ2v) is 3.44. The zero-order chi connectivity index (χ0) is 12.3. The Labute approximate surface area is 97.3 Å². The van der Waals surface area contributed by atoms with Gasteiger partial charge in [-0.25, -0.2) is 9.97 Å². The number of hydrogen-bond acceptors (Lipinski definition) is 6. The molecule has 0 aliphatic heterocycles. The molecule has 7 heteroatoms. The van der Waals surface area contributed by atoms with E-state index < -0.39 is 5.91 Å². The molecule has 1 atom stereocenters. The predicted octanol–water partition coefficient (Wildman–Crippen LogP) is 0.659. The molecule has 2 rings (SSSR count). The lowest BCUT2D eigenvalue weighted by Gasteiger charge is -2.09. The van der Waals surface area contributed by atoms with Crippen LogP contribution in [0.5, 0.6) is 0 Å². The van der Waals surface area contributed by atoms with Crippen molar-refractivity contribution in [3.05, 3.63) is 36.0 Å². The normalized spacial score (nSPS) is 12.1. The molecule has 0 aromatic carbocycles. The van der Waals surface area contributed by atoms with Crippen molar-refractivity contribution in [1.29, 1.82) is 0 Å². The lowest BCUT2D eigenvalue weighted by Crippen LogP contribution is -2.28. The van der Waals surface area contributed by atoms with Gasteiger partial charge in [-0.15, -0.1) is 0 Å². The first-order chi connectivity index (χ1) is 8.16. The highest BCUT2D eigenvalue weighted by atomic mass is 16.5. The van der Waals surface area contributed by atoms with Crippen LogP contribution in [-0.2, 0) is 0 Å². The quantitative estimate of drug-likeness (QED) is 0.836. The Morgan fingerprint density at radius 2 is 2.12 bits per heavy atom. The second-order valence-electron chi connectivity index (χ2n) is 3.44. The van der Waals surface area contributed by atoms with Crippen LogP contribution >= 0.6 is 0 Å².